The van der Waals surface area contributed by atoms with Gasteiger partial charge in [-0.2, -0.15) is 0 Å². The van der Waals surface area contributed by atoms with Gasteiger partial charge in [0.2, 0.25) is 0 Å². The standard InChI is InChI=1S/C46H26N2S/c1-2-10-32-30(8-1)31-9-3-4-11-33(31)39-26-29(18-19-34(32)39)47-42-15-6-5-12-35(42)40-24-27(16-20-43(40)47)28-17-21-44-41(25-28)37-14-7-13-36-38-22-23-49-46(38)48(44)45(36)37/h1-26H. The lowest BCUT2D eigenvalue weighted by Crippen LogP contribution is -1.94. The number of hydrogen-bond donors (Lipinski definition) is 0. The molecule has 49 heavy (non-hydrogen) atoms. The van der Waals surface area contributed by atoms with Crippen molar-refractivity contribution >= 4 is 103 Å². The van der Waals surface area contributed by atoms with Crippen LogP contribution in [0.2, 0.25) is 0 Å². The Balaban J connectivity index is 1.09. The predicted octanol–water partition coefficient (Wildman–Crippen LogP) is 13.1. The molecule has 0 bridgehead atoms. The first-order chi connectivity index (χ1) is 24.3. The largest absolute Gasteiger partial charge is 0.309 e. The Hall–Kier alpha value is -6.16. The molecule has 0 aliphatic rings. The molecule has 12 rings (SSSR count). The molecule has 12 aromatic rings. The zero-order chi connectivity index (χ0) is 31.8. The molecule has 0 spiro atoms. The summed E-state index contributed by atoms with van der Waals surface area (Å²) in [5.41, 5.74) is 8.72. The summed E-state index contributed by atoms with van der Waals surface area (Å²) in [4.78, 5) is 1.33. The van der Waals surface area contributed by atoms with Crippen LogP contribution in [-0.4, -0.2) is 8.97 Å². The molecule has 0 saturated carbocycles. The number of benzene rings is 8. The zero-order valence-electron chi connectivity index (χ0n) is 26.3. The first-order valence-corrected chi connectivity index (χ1v) is 17.7. The molecule has 0 atom stereocenters. The van der Waals surface area contributed by atoms with Crippen LogP contribution >= 0.6 is 11.3 Å². The summed E-state index contributed by atoms with van der Waals surface area (Å²) >= 11 is 1.83. The number of fused-ring (bicyclic) bond motifs is 15. The van der Waals surface area contributed by atoms with Crippen molar-refractivity contribution in [2.75, 3.05) is 0 Å². The Morgan fingerprint density at radius 1 is 0.347 bits per heavy atom. The fourth-order valence-corrected chi connectivity index (χ4v) is 9.75. The van der Waals surface area contributed by atoms with Crippen molar-refractivity contribution in [1.82, 2.24) is 8.97 Å². The van der Waals surface area contributed by atoms with Crippen molar-refractivity contribution in [3.63, 3.8) is 0 Å². The second kappa shape index (κ2) is 9.25. The minimum absolute atomic E-state index is 1.18. The Labute approximate surface area is 284 Å². The molecule has 2 nitrogen and oxygen atoms in total. The fraction of sp³-hybridized carbons (Fsp3) is 0. The average molecular weight is 639 g/mol. The number of rotatable bonds is 2. The number of hydrogen-bond acceptors (Lipinski definition) is 1. The molecule has 3 heteroatoms. The van der Waals surface area contributed by atoms with Gasteiger partial charge in [-0.1, -0.05) is 103 Å². The predicted molar refractivity (Wildman–Crippen MR) is 211 cm³/mol. The highest BCUT2D eigenvalue weighted by Gasteiger charge is 2.19. The van der Waals surface area contributed by atoms with Gasteiger partial charge in [-0.25, -0.2) is 0 Å². The molecule has 0 amide bonds. The summed E-state index contributed by atoms with van der Waals surface area (Å²) in [6, 6.07) is 56.5. The molecule has 0 aliphatic carbocycles. The summed E-state index contributed by atoms with van der Waals surface area (Å²) in [6.45, 7) is 0. The van der Waals surface area contributed by atoms with Crippen molar-refractivity contribution in [3.05, 3.63) is 157 Å². The maximum atomic E-state index is 2.47. The van der Waals surface area contributed by atoms with Crippen LogP contribution in [0, 0.1) is 0 Å². The van der Waals surface area contributed by atoms with Crippen LogP contribution < -0.4 is 0 Å². The molecule has 0 saturated heterocycles. The molecular weight excluding hydrogens is 613 g/mol. The molecule has 0 radical (unpaired) electrons. The lowest BCUT2D eigenvalue weighted by molar-refractivity contribution is 1.19. The van der Waals surface area contributed by atoms with Crippen LogP contribution in [0.15, 0.2) is 157 Å². The van der Waals surface area contributed by atoms with E-state index in [-0.39, 0.29) is 0 Å². The molecule has 0 aliphatic heterocycles. The molecule has 226 valence electrons. The van der Waals surface area contributed by atoms with Gasteiger partial charge in [0.05, 0.1) is 22.1 Å². The number of para-hydroxylation sites is 2. The Morgan fingerprint density at radius 2 is 0.898 bits per heavy atom. The van der Waals surface area contributed by atoms with Gasteiger partial charge in [0.25, 0.3) is 0 Å². The van der Waals surface area contributed by atoms with Crippen molar-refractivity contribution in [3.8, 4) is 16.8 Å². The number of aromatic nitrogens is 2. The summed E-state index contributed by atoms with van der Waals surface area (Å²) < 4.78 is 4.91. The van der Waals surface area contributed by atoms with Crippen LogP contribution in [0.4, 0.5) is 0 Å². The van der Waals surface area contributed by atoms with Crippen LogP contribution in [0.3, 0.4) is 0 Å². The van der Waals surface area contributed by atoms with Crippen molar-refractivity contribution in [1.29, 1.82) is 0 Å². The smallest absolute Gasteiger partial charge is 0.108 e. The van der Waals surface area contributed by atoms with E-state index < -0.39 is 0 Å². The summed E-state index contributed by atoms with van der Waals surface area (Å²) in [5.74, 6) is 0. The Bertz CT molecular complexity index is 3300. The first-order valence-electron chi connectivity index (χ1n) is 16.8. The Kier molecular flexibility index (Phi) is 4.89. The third-order valence-electron chi connectivity index (χ3n) is 10.9. The van der Waals surface area contributed by atoms with E-state index in [0.717, 1.165) is 0 Å². The van der Waals surface area contributed by atoms with E-state index >= 15 is 0 Å². The lowest BCUT2D eigenvalue weighted by Gasteiger charge is -2.14. The topological polar surface area (TPSA) is 9.34 Å². The SMILES string of the molecule is c1ccc2c(c1)c1ccccc1c1cc(-n3c4ccccc4c4cc(-c5ccc6c(c5)c5cccc7c8ccsc8n6c57)ccc43)ccc21. The third kappa shape index (κ3) is 3.30. The van der Waals surface area contributed by atoms with Gasteiger partial charge in [-0.3, -0.25) is 4.40 Å². The second-order valence-electron chi connectivity index (χ2n) is 13.3. The first kappa shape index (κ1) is 25.9. The molecule has 0 fully saturated rings. The maximum Gasteiger partial charge on any atom is 0.108 e. The maximum absolute atomic E-state index is 2.47. The minimum atomic E-state index is 1.18. The molecule has 8 aromatic carbocycles. The monoisotopic (exact) mass is 638 g/mol. The molecule has 4 heterocycles. The van der Waals surface area contributed by atoms with Gasteiger partial charge in [-0.15, -0.1) is 11.3 Å². The summed E-state index contributed by atoms with van der Waals surface area (Å²) in [6.07, 6.45) is 0. The van der Waals surface area contributed by atoms with Crippen molar-refractivity contribution in [2.24, 2.45) is 0 Å². The molecule has 0 N–H and O–H groups in total. The van der Waals surface area contributed by atoms with E-state index in [1.54, 1.807) is 0 Å². The average Bonchev–Trinajstić information content (AvgIpc) is 3.92. The van der Waals surface area contributed by atoms with E-state index in [0.29, 0.717) is 0 Å². The quantitative estimate of drug-likeness (QED) is 0.167. The highest BCUT2D eigenvalue weighted by Crippen LogP contribution is 2.43. The highest BCUT2D eigenvalue weighted by atomic mass is 32.1. The fourth-order valence-electron chi connectivity index (χ4n) is 8.82. The van der Waals surface area contributed by atoms with Crippen molar-refractivity contribution in [2.45, 2.75) is 0 Å². The van der Waals surface area contributed by atoms with Gasteiger partial charge in [-0.05, 0) is 97.4 Å². The zero-order valence-corrected chi connectivity index (χ0v) is 27.1. The van der Waals surface area contributed by atoms with E-state index in [1.807, 2.05) is 11.3 Å². The van der Waals surface area contributed by atoms with Gasteiger partial charge in [0.1, 0.15) is 4.83 Å². The Morgan fingerprint density at radius 3 is 1.63 bits per heavy atom. The summed E-state index contributed by atoms with van der Waals surface area (Å²) in [7, 11) is 0. The van der Waals surface area contributed by atoms with Crippen LogP contribution in [-0.2, 0) is 0 Å². The van der Waals surface area contributed by atoms with Gasteiger partial charge < -0.3 is 4.57 Å². The molecule has 4 aromatic heterocycles. The lowest BCUT2D eigenvalue weighted by atomic mass is 9.94. The highest BCUT2D eigenvalue weighted by molar-refractivity contribution is 7.17. The molecular formula is C46H26N2S. The van der Waals surface area contributed by atoms with E-state index in [2.05, 4.69) is 166 Å². The van der Waals surface area contributed by atoms with E-state index in [4.69, 9.17) is 0 Å². The van der Waals surface area contributed by atoms with Crippen LogP contribution in [0.1, 0.15) is 0 Å². The minimum Gasteiger partial charge on any atom is -0.309 e. The van der Waals surface area contributed by atoms with Gasteiger partial charge >= 0.3 is 0 Å². The third-order valence-corrected chi connectivity index (χ3v) is 11.8. The van der Waals surface area contributed by atoms with E-state index in [1.165, 1.54) is 108 Å². The summed E-state index contributed by atoms with van der Waals surface area (Å²) in [5, 5.41) is 17.9. The number of thiophene rings is 1. The second-order valence-corrected chi connectivity index (χ2v) is 14.2. The number of nitrogens with zero attached hydrogens (tertiary/aromatic N) is 2. The van der Waals surface area contributed by atoms with Crippen molar-refractivity contribution < 1.29 is 0 Å². The molecule has 0 unspecified atom stereocenters. The van der Waals surface area contributed by atoms with Gasteiger partial charge in [0, 0.05) is 38.0 Å². The van der Waals surface area contributed by atoms with Gasteiger partial charge in [0.15, 0.2) is 0 Å². The normalized spacial score (nSPS) is 12.5. The van der Waals surface area contributed by atoms with Crippen LogP contribution in [0.5, 0.6) is 0 Å². The van der Waals surface area contributed by atoms with E-state index in [9.17, 15) is 0 Å². The van der Waals surface area contributed by atoms with Crippen LogP contribution in [0.25, 0.3) is 108 Å².